The third-order valence-electron chi connectivity index (χ3n) is 9.02. The number of hydrogen-bond acceptors (Lipinski definition) is 5. The van der Waals surface area contributed by atoms with Gasteiger partial charge < -0.3 is 15.0 Å². The van der Waals surface area contributed by atoms with Gasteiger partial charge >= 0.3 is 0 Å². The number of ether oxygens (including phenoxy) is 1. The highest BCUT2D eigenvalue weighted by molar-refractivity contribution is 5.94. The molecule has 4 aliphatic rings. The monoisotopic (exact) mass is 531 g/mol. The number of carbonyl (C=O) groups is 2. The predicted octanol–water partition coefficient (Wildman–Crippen LogP) is 4.16. The van der Waals surface area contributed by atoms with Gasteiger partial charge in [-0.05, 0) is 70.4 Å². The molecule has 2 aromatic rings. The summed E-state index contributed by atoms with van der Waals surface area (Å²) in [7, 11) is 0. The highest BCUT2D eigenvalue weighted by atomic mass is 19.3. The summed E-state index contributed by atoms with van der Waals surface area (Å²) in [5, 5.41) is 10.0. The Morgan fingerprint density at radius 2 is 1.89 bits per heavy atom. The van der Waals surface area contributed by atoms with Crippen molar-refractivity contribution in [3.05, 3.63) is 35.5 Å². The standard InChI is InChI=1S/C27H32F3N5O3/c1-16-12-19(20(28)15-31-16)21-13-22(34-33-21)24(37)35-10-4-17(14-25(35)7-8-25)23(36)32-18-2-5-26(6-3-18)27(29,30)9-11-38-26/h12-13,15,17-18H,2-11,14H2,1H3,(H,32,36)(H,33,34)/t17-,18-,26+/m1/s1. The SMILES string of the molecule is Cc1cc(-c2cc(C(=O)N3CC[C@@H](C(=O)N[C@H]4CC[C@]5(CC4)OCCC5(F)F)CC34CC4)n[nH]2)c(F)cn1. The minimum absolute atomic E-state index is 0.0611. The number of carbonyl (C=O) groups excluding carboxylic acids is 2. The summed E-state index contributed by atoms with van der Waals surface area (Å²) in [6.07, 6.45) is 5.07. The van der Waals surface area contributed by atoms with Crippen molar-refractivity contribution in [2.75, 3.05) is 13.2 Å². The van der Waals surface area contributed by atoms with Gasteiger partial charge in [0.15, 0.2) is 11.5 Å². The lowest BCUT2D eigenvalue weighted by atomic mass is 9.78. The first kappa shape index (κ1) is 25.3. The van der Waals surface area contributed by atoms with Gasteiger partial charge in [-0.25, -0.2) is 13.2 Å². The van der Waals surface area contributed by atoms with Gasteiger partial charge in [0.1, 0.15) is 5.60 Å². The summed E-state index contributed by atoms with van der Waals surface area (Å²) in [5.74, 6) is -3.83. The first-order valence-corrected chi connectivity index (χ1v) is 13.4. The Bertz CT molecular complexity index is 1250. The molecule has 0 bridgehead atoms. The van der Waals surface area contributed by atoms with Crippen LogP contribution < -0.4 is 5.32 Å². The van der Waals surface area contributed by atoms with E-state index in [4.69, 9.17) is 4.74 Å². The van der Waals surface area contributed by atoms with E-state index in [9.17, 15) is 22.8 Å². The van der Waals surface area contributed by atoms with Crippen LogP contribution in [0.5, 0.6) is 0 Å². The number of aryl methyl sites for hydroxylation is 1. The van der Waals surface area contributed by atoms with Crippen LogP contribution in [0.4, 0.5) is 13.2 Å². The van der Waals surface area contributed by atoms with Gasteiger partial charge in [0.25, 0.3) is 11.8 Å². The smallest absolute Gasteiger partial charge is 0.278 e. The van der Waals surface area contributed by atoms with Crippen LogP contribution in [-0.4, -0.2) is 68.2 Å². The molecule has 2 amide bonds. The van der Waals surface area contributed by atoms with Crippen LogP contribution in [-0.2, 0) is 9.53 Å². The Kier molecular flexibility index (Phi) is 6.04. The van der Waals surface area contributed by atoms with Gasteiger partial charge in [-0.15, -0.1) is 0 Å². The van der Waals surface area contributed by atoms with Gasteiger partial charge in [0.2, 0.25) is 5.91 Å². The molecule has 2 aliphatic heterocycles. The number of amides is 2. The summed E-state index contributed by atoms with van der Waals surface area (Å²) >= 11 is 0. The Labute approximate surface area is 218 Å². The number of H-pyrrole nitrogens is 1. The van der Waals surface area contributed by atoms with Gasteiger partial charge in [0, 0.05) is 41.7 Å². The first-order chi connectivity index (χ1) is 18.1. The van der Waals surface area contributed by atoms with Crippen molar-refractivity contribution in [3.8, 4) is 11.3 Å². The molecule has 4 heterocycles. The van der Waals surface area contributed by atoms with Gasteiger partial charge in [-0.1, -0.05) is 0 Å². The van der Waals surface area contributed by atoms with Crippen LogP contribution in [0.2, 0.25) is 0 Å². The third-order valence-corrected chi connectivity index (χ3v) is 9.02. The molecule has 2 N–H and O–H groups in total. The van der Waals surface area contributed by atoms with Crippen molar-refractivity contribution in [2.45, 2.75) is 87.8 Å². The maximum atomic E-state index is 14.3. The number of hydrogen-bond donors (Lipinski definition) is 2. The zero-order valence-corrected chi connectivity index (χ0v) is 21.4. The number of piperidine rings is 1. The molecule has 2 saturated carbocycles. The molecule has 0 aromatic carbocycles. The largest absolute Gasteiger partial charge is 0.368 e. The highest BCUT2D eigenvalue weighted by Crippen LogP contribution is 2.51. The topological polar surface area (TPSA) is 100 Å². The van der Waals surface area contributed by atoms with E-state index >= 15 is 0 Å². The van der Waals surface area contributed by atoms with E-state index in [1.807, 2.05) is 4.90 Å². The normalized spacial score (nSPS) is 29.5. The number of rotatable bonds is 4. The van der Waals surface area contributed by atoms with E-state index in [2.05, 4.69) is 20.5 Å². The lowest BCUT2D eigenvalue weighted by Crippen LogP contribution is -2.54. The van der Waals surface area contributed by atoms with Crippen LogP contribution in [0.3, 0.4) is 0 Å². The van der Waals surface area contributed by atoms with Crippen molar-refractivity contribution in [2.24, 2.45) is 5.92 Å². The van der Waals surface area contributed by atoms with Crippen LogP contribution >= 0.6 is 0 Å². The number of alkyl halides is 2. The van der Waals surface area contributed by atoms with Gasteiger partial charge in [-0.3, -0.25) is 19.7 Å². The minimum atomic E-state index is -2.81. The molecular formula is C27H32F3N5O3. The molecule has 0 radical (unpaired) electrons. The van der Waals surface area contributed by atoms with Crippen molar-refractivity contribution < 1.29 is 27.5 Å². The fraction of sp³-hybridized carbons (Fsp3) is 0.630. The van der Waals surface area contributed by atoms with E-state index in [1.165, 1.54) is 0 Å². The summed E-state index contributed by atoms with van der Waals surface area (Å²) in [6.45, 7) is 2.27. The Balaban J connectivity index is 1.07. The number of pyridine rings is 1. The number of nitrogens with zero attached hydrogens (tertiary/aromatic N) is 3. The third kappa shape index (κ3) is 4.28. The molecule has 2 aliphatic carbocycles. The van der Waals surface area contributed by atoms with Crippen LogP contribution in [0, 0.1) is 18.7 Å². The Morgan fingerprint density at radius 1 is 1.13 bits per heavy atom. The molecule has 2 saturated heterocycles. The molecule has 204 valence electrons. The second-order valence-electron chi connectivity index (χ2n) is 11.4. The molecule has 4 fully saturated rings. The minimum Gasteiger partial charge on any atom is -0.368 e. The summed E-state index contributed by atoms with van der Waals surface area (Å²) in [4.78, 5) is 32.3. The highest BCUT2D eigenvalue weighted by Gasteiger charge is 2.59. The lowest BCUT2D eigenvalue weighted by Gasteiger charge is -2.42. The zero-order valence-electron chi connectivity index (χ0n) is 21.4. The Hall–Kier alpha value is -2.95. The van der Waals surface area contributed by atoms with Crippen LogP contribution in [0.1, 0.15) is 74.0 Å². The number of aromatic amines is 1. The molecule has 1 atom stereocenters. The fourth-order valence-electron chi connectivity index (χ4n) is 6.57. The molecular weight excluding hydrogens is 499 g/mol. The van der Waals surface area contributed by atoms with Crippen molar-refractivity contribution in [3.63, 3.8) is 0 Å². The molecule has 2 spiro atoms. The predicted molar refractivity (Wildman–Crippen MR) is 131 cm³/mol. The molecule has 8 nitrogen and oxygen atoms in total. The van der Waals surface area contributed by atoms with Crippen molar-refractivity contribution in [1.29, 1.82) is 0 Å². The lowest BCUT2D eigenvalue weighted by molar-refractivity contribution is -0.165. The molecule has 0 unspecified atom stereocenters. The van der Waals surface area contributed by atoms with E-state index < -0.39 is 17.3 Å². The molecule has 38 heavy (non-hydrogen) atoms. The average molecular weight is 532 g/mol. The van der Waals surface area contributed by atoms with Crippen molar-refractivity contribution in [1.82, 2.24) is 25.4 Å². The number of aromatic nitrogens is 3. The van der Waals surface area contributed by atoms with E-state index in [1.54, 1.807) is 19.1 Å². The number of halogens is 3. The molecule has 2 aromatic heterocycles. The summed E-state index contributed by atoms with van der Waals surface area (Å²) in [5.41, 5.74) is -0.163. The van der Waals surface area contributed by atoms with Crippen LogP contribution in [0.25, 0.3) is 11.3 Å². The van der Waals surface area contributed by atoms with E-state index in [-0.39, 0.29) is 60.9 Å². The summed E-state index contributed by atoms with van der Waals surface area (Å²) in [6, 6.07) is 3.02. The average Bonchev–Trinajstić information content (AvgIpc) is 3.35. The Morgan fingerprint density at radius 3 is 2.58 bits per heavy atom. The maximum Gasteiger partial charge on any atom is 0.278 e. The zero-order chi connectivity index (χ0) is 26.7. The van der Waals surface area contributed by atoms with Crippen molar-refractivity contribution >= 4 is 11.8 Å². The quantitative estimate of drug-likeness (QED) is 0.617. The van der Waals surface area contributed by atoms with Crippen LogP contribution in [0.15, 0.2) is 18.3 Å². The maximum absolute atomic E-state index is 14.3. The first-order valence-electron chi connectivity index (χ1n) is 13.4. The van der Waals surface area contributed by atoms with E-state index in [0.717, 1.165) is 19.0 Å². The fourth-order valence-corrected chi connectivity index (χ4v) is 6.57. The number of likely N-dealkylation sites (tertiary alicyclic amines) is 1. The second-order valence-corrected chi connectivity index (χ2v) is 11.4. The number of nitrogens with one attached hydrogen (secondary N) is 2. The molecule has 6 rings (SSSR count). The van der Waals surface area contributed by atoms with Gasteiger partial charge in [-0.2, -0.15) is 5.10 Å². The second kappa shape index (κ2) is 9.07. The van der Waals surface area contributed by atoms with Gasteiger partial charge in [0.05, 0.1) is 18.5 Å². The van der Waals surface area contributed by atoms with E-state index in [0.29, 0.717) is 49.2 Å². The molecule has 11 heteroatoms. The summed E-state index contributed by atoms with van der Waals surface area (Å²) < 4.78 is 48.4.